The van der Waals surface area contributed by atoms with Crippen LogP contribution in [0.25, 0.3) is 0 Å². The van der Waals surface area contributed by atoms with Gasteiger partial charge in [0, 0.05) is 24.5 Å². The van der Waals surface area contributed by atoms with Gasteiger partial charge in [0.25, 0.3) is 0 Å². The van der Waals surface area contributed by atoms with Gasteiger partial charge >= 0.3 is 0 Å². The first-order valence-corrected chi connectivity index (χ1v) is 9.12. The van der Waals surface area contributed by atoms with Gasteiger partial charge in [0.05, 0.1) is 17.8 Å². The lowest BCUT2D eigenvalue weighted by molar-refractivity contribution is 0.114. The maximum atomic E-state index is 5.08. The van der Waals surface area contributed by atoms with Crippen LogP contribution in [0.5, 0.6) is 0 Å². The highest BCUT2D eigenvalue weighted by Crippen LogP contribution is 2.37. The Morgan fingerprint density at radius 2 is 2.19 bits per heavy atom. The molecule has 0 amide bonds. The zero-order valence-corrected chi connectivity index (χ0v) is 14.4. The summed E-state index contributed by atoms with van der Waals surface area (Å²) in [5.41, 5.74) is 1.36. The maximum Gasteiger partial charge on any atom is 0.112 e. The fraction of sp³-hybridized carbons (Fsp3) is 0.812. The number of rotatable bonds is 4. The maximum absolute atomic E-state index is 5.08. The second-order valence-corrected chi connectivity index (χ2v) is 7.63. The number of piperazine rings is 1. The molecular formula is C16H28N4S. The van der Waals surface area contributed by atoms with Crippen molar-refractivity contribution in [1.82, 2.24) is 20.1 Å². The molecule has 2 atom stereocenters. The second kappa shape index (κ2) is 6.73. The first-order chi connectivity index (χ1) is 10.2. The Morgan fingerprint density at radius 1 is 1.33 bits per heavy atom. The summed E-state index contributed by atoms with van der Waals surface area (Å²) in [6.45, 7) is 6.75. The van der Waals surface area contributed by atoms with Crippen LogP contribution >= 0.6 is 11.3 Å². The van der Waals surface area contributed by atoms with Crippen molar-refractivity contribution in [2.24, 2.45) is 0 Å². The minimum absolute atomic E-state index is 0.478. The molecule has 0 spiro atoms. The average Bonchev–Trinajstić information content (AvgIpc) is 2.92. The van der Waals surface area contributed by atoms with Crippen LogP contribution in [0, 0.1) is 0 Å². The predicted molar refractivity (Wildman–Crippen MR) is 89.0 cm³/mol. The van der Waals surface area contributed by atoms with Crippen LogP contribution in [0.1, 0.15) is 53.8 Å². The molecule has 0 saturated carbocycles. The predicted octanol–water partition coefficient (Wildman–Crippen LogP) is 2.44. The second-order valence-electron chi connectivity index (χ2n) is 6.52. The van der Waals surface area contributed by atoms with Gasteiger partial charge in [0.2, 0.25) is 0 Å². The Hall–Kier alpha value is -0.490. The normalized spacial score (nSPS) is 27.8. The van der Waals surface area contributed by atoms with E-state index in [-0.39, 0.29) is 0 Å². The van der Waals surface area contributed by atoms with E-state index in [1.807, 2.05) is 11.3 Å². The number of hydrogen-bond donors (Lipinski definition) is 1. The highest BCUT2D eigenvalue weighted by molar-refractivity contribution is 7.11. The highest BCUT2D eigenvalue weighted by atomic mass is 32.1. The summed E-state index contributed by atoms with van der Waals surface area (Å²) >= 11 is 1.97. The van der Waals surface area contributed by atoms with Crippen LogP contribution in [0.4, 0.5) is 0 Å². The summed E-state index contributed by atoms with van der Waals surface area (Å²) in [7, 11) is 4.46. The van der Waals surface area contributed by atoms with Gasteiger partial charge in [-0.1, -0.05) is 6.92 Å². The first kappa shape index (κ1) is 15.4. The summed E-state index contributed by atoms with van der Waals surface area (Å²) in [6, 6.07) is 0.969. The largest absolute Gasteiger partial charge is 0.309 e. The van der Waals surface area contributed by atoms with E-state index in [0.29, 0.717) is 12.1 Å². The van der Waals surface area contributed by atoms with Gasteiger partial charge in [-0.2, -0.15) is 0 Å². The van der Waals surface area contributed by atoms with Gasteiger partial charge < -0.3 is 10.2 Å². The Bertz CT molecular complexity index is 473. The molecule has 118 valence electrons. The third-order valence-electron chi connectivity index (χ3n) is 4.75. The van der Waals surface area contributed by atoms with Crippen LogP contribution in [0.15, 0.2) is 0 Å². The van der Waals surface area contributed by atoms with Gasteiger partial charge in [-0.25, -0.2) is 4.98 Å². The number of aromatic nitrogens is 1. The zero-order chi connectivity index (χ0) is 14.8. The molecule has 1 aliphatic heterocycles. The minimum atomic E-state index is 0.478. The Balaban J connectivity index is 1.80. The molecular weight excluding hydrogens is 280 g/mol. The number of aryl methyl sites for hydroxylation is 1. The highest BCUT2D eigenvalue weighted by Gasteiger charge is 2.30. The van der Waals surface area contributed by atoms with Crippen molar-refractivity contribution < 1.29 is 0 Å². The van der Waals surface area contributed by atoms with Crippen molar-refractivity contribution in [3.8, 4) is 0 Å². The molecule has 3 rings (SSSR count). The Labute approximate surface area is 132 Å². The molecule has 0 radical (unpaired) electrons. The number of likely N-dealkylation sites (N-methyl/N-ethyl adjacent to an activating group) is 2. The smallest absolute Gasteiger partial charge is 0.112 e. The van der Waals surface area contributed by atoms with Crippen LogP contribution in [-0.4, -0.2) is 55.1 Å². The molecule has 0 aromatic carbocycles. The molecule has 1 N–H and O–H groups in total. The summed E-state index contributed by atoms with van der Waals surface area (Å²) in [5, 5.41) is 5.02. The molecule has 0 bridgehead atoms. The van der Waals surface area contributed by atoms with Crippen molar-refractivity contribution in [1.29, 1.82) is 0 Å². The average molecular weight is 308 g/mol. The van der Waals surface area contributed by atoms with Crippen molar-refractivity contribution in [2.45, 2.75) is 44.7 Å². The van der Waals surface area contributed by atoms with Gasteiger partial charge in [0.1, 0.15) is 5.01 Å². The van der Waals surface area contributed by atoms with E-state index in [9.17, 15) is 0 Å². The van der Waals surface area contributed by atoms with Crippen LogP contribution in [0.2, 0.25) is 0 Å². The molecule has 21 heavy (non-hydrogen) atoms. The van der Waals surface area contributed by atoms with Gasteiger partial charge in [0.15, 0.2) is 0 Å². The lowest BCUT2D eigenvalue weighted by Crippen LogP contribution is -2.44. The molecule has 2 heterocycles. The van der Waals surface area contributed by atoms with Gasteiger partial charge in [-0.05, 0) is 46.3 Å². The summed E-state index contributed by atoms with van der Waals surface area (Å²) in [6.07, 6.45) is 4.97. The first-order valence-electron chi connectivity index (χ1n) is 8.30. The summed E-state index contributed by atoms with van der Waals surface area (Å²) in [5.74, 6) is 0. The third-order valence-corrected chi connectivity index (χ3v) is 5.98. The SMILES string of the molecule is CCCNC1CCCc2sc(C3CN(C)CCN3C)nc21. The van der Waals surface area contributed by atoms with E-state index in [2.05, 4.69) is 36.1 Å². The quantitative estimate of drug-likeness (QED) is 0.926. The third kappa shape index (κ3) is 3.31. The molecule has 1 aromatic rings. The molecule has 1 saturated heterocycles. The molecule has 1 aliphatic carbocycles. The fourth-order valence-corrected chi connectivity index (χ4v) is 4.70. The molecule has 1 fully saturated rings. The van der Waals surface area contributed by atoms with Crippen LogP contribution < -0.4 is 5.32 Å². The van der Waals surface area contributed by atoms with E-state index < -0.39 is 0 Å². The number of nitrogens with one attached hydrogen (secondary N) is 1. The molecule has 2 unspecified atom stereocenters. The fourth-order valence-electron chi connectivity index (χ4n) is 3.37. The molecule has 1 aromatic heterocycles. The van der Waals surface area contributed by atoms with Crippen molar-refractivity contribution >= 4 is 11.3 Å². The van der Waals surface area contributed by atoms with Gasteiger partial charge in [-0.15, -0.1) is 11.3 Å². The summed E-state index contributed by atoms with van der Waals surface area (Å²) in [4.78, 5) is 11.5. The van der Waals surface area contributed by atoms with E-state index in [0.717, 1.165) is 19.6 Å². The van der Waals surface area contributed by atoms with E-state index in [1.165, 1.54) is 47.8 Å². The van der Waals surface area contributed by atoms with E-state index in [4.69, 9.17) is 4.98 Å². The summed E-state index contributed by atoms with van der Waals surface area (Å²) < 4.78 is 0. The minimum Gasteiger partial charge on any atom is -0.309 e. The van der Waals surface area contributed by atoms with Crippen molar-refractivity contribution in [2.75, 3.05) is 40.3 Å². The molecule has 2 aliphatic rings. The van der Waals surface area contributed by atoms with E-state index >= 15 is 0 Å². The lowest BCUT2D eigenvalue weighted by Gasteiger charge is -2.36. The van der Waals surface area contributed by atoms with Crippen LogP contribution in [-0.2, 0) is 6.42 Å². The van der Waals surface area contributed by atoms with E-state index in [1.54, 1.807) is 0 Å². The monoisotopic (exact) mass is 308 g/mol. The molecule has 4 nitrogen and oxygen atoms in total. The topological polar surface area (TPSA) is 31.4 Å². The van der Waals surface area contributed by atoms with Crippen LogP contribution in [0.3, 0.4) is 0 Å². The number of thiazole rings is 1. The number of fused-ring (bicyclic) bond motifs is 1. The standard InChI is InChI=1S/C16H28N4S/c1-4-8-17-12-6-5-7-14-15(12)18-16(21-14)13-11-19(2)9-10-20(13)3/h12-13,17H,4-11H2,1-3H3. The molecule has 5 heteroatoms. The van der Waals surface area contributed by atoms with Gasteiger partial charge in [-0.3, -0.25) is 4.90 Å². The number of nitrogens with zero attached hydrogens (tertiary/aromatic N) is 3. The van der Waals surface area contributed by atoms with Crippen molar-refractivity contribution in [3.63, 3.8) is 0 Å². The number of hydrogen-bond acceptors (Lipinski definition) is 5. The Kier molecular flexibility index (Phi) is 4.94. The lowest BCUT2D eigenvalue weighted by atomic mass is 9.97. The Morgan fingerprint density at radius 3 is 3.00 bits per heavy atom. The van der Waals surface area contributed by atoms with Crippen molar-refractivity contribution in [3.05, 3.63) is 15.6 Å². The zero-order valence-electron chi connectivity index (χ0n) is 13.6.